The average Bonchev–Trinajstić information content (AvgIpc) is 2.82. The van der Waals surface area contributed by atoms with Gasteiger partial charge in [-0.2, -0.15) is 0 Å². The maximum atomic E-state index is 11.3. The lowest BCUT2D eigenvalue weighted by Gasteiger charge is -2.06. The van der Waals surface area contributed by atoms with Crippen LogP contribution in [0.25, 0.3) is 10.4 Å². The molecule has 2 rings (SSSR count). The van der Waals surface area contributed by atoms with Gasteiger partial charge in [0.1, 0.15) is 0 Å². The largest absolute Gasteiger partial charge is 0.476 e. The second-order valence-electron chi connectivity index (χ2n) is 4.51. The first-order valence-electron chi connectivity index (χ1n) is 6.01. The number of carbonyl (C=O) groups is 1. The quantitative estimate of drug-likeness (QED) is 0.912. The summed E-state index contributed by atoms with van der Waals surface area (Å²) >= 11 is 1.46. The van der Waals surface area contributed by atoms with Crippen LogP contribution < -0.4 is 0 Å². The van der Waals surface area contributed by atoms with Gasteiger partial charge in [0.25, 0.3) is 0 Å². The number of hydrogen-bond donors (Lipinski definition) is 1. The number of benzene rings is 1. The van der Waals surface area contributed by atoms with Gasteiger partial charge in [0.2, 0.25) is 0 Å². The topological polar surface area (TPSA) is 53.4 Å². The minimum Gasteiger partial charge on any atom is -0.476 e. The van der Waals surface area contributed by atoms with Gasteiger partial charge in [-0.05, 0) is 19.7 Å². The van der Waals surface area contributed by atoms with Crippen LogP contribution in [-0.4, -0.2) is 41.6 Å². The SMILES string of the molecule is CN(C)CCc1nc(C(=O)O)c(-c2ccccc2)s1. The number of aromatic nitrogens is 1. The van der Waals surface area contributed by atoms with Crippen molar-refractivity contribution in [3.63, 3.8) is 0 Å². The predicted molar refractivity (Wildman–Crippen MR) is 76.8 cm³/mol. The third-order valence-electron chi connectivity index (χ3n) is 2.68. The van der Waals surface area contributed by atoms with Crippen LogP contribution in [-0.2, 0) is 6.42 Å². The number of aromatic carboxylic acids is 1. The molecule has 0 fully saturated rings. The van der Waals surface area contributed by atoms with Crippen molar-refractivity contribution >= 4 is 17.3 Å². The van der Waals surface area contributed by atoms with E-state index in [9.17, 15) is 9.90 Å². The van der Waals surface area contributed by atoms with Crippen LogP contribution in [0.2, 0.25) is 0 Å². The van der Waals surface area contributed by atoms with E-state index >= 15 is 0 Å². The van der Waals surface area contributed by atoms with Gasteiger partial charge in [-0.15, -0.1) is 11.3 Å². The zero-order valence-corrected chi connectivity index (χ0v) is 11.8. The molecule has 100 valence electrons. The van der Waals surface area contributed by atoms with Gasteiger partial charge < -0.3 is 10.0 Å². The first-order chi connectivity index (χ1) is 9.08. The van der Waals surface area contributed by atoms with Crippen LogP contribution in [0, 0.1) is 0 Å². The average molecular weight is 276 g/mol. The molecular weight excluding hydrogens is 260 g/mol. The highest BCUT2D eigenvalue weighted by atomic mass is 32.1. The third-order valence-corrected chi connectivity index (χ3v) is 3.85. The molecular formula is C14H16N2O2S. The van der Waals surface area contributed by atoms with E-state index in [0.29, 0.717) is 0 Å². The Morgan fingerprint density at radius 3 is 2.58 bits per heavy atom. The summed E-state index contributed by atoms with van der Waals surface area (Å²) in [6.45, 7) is 0.862. The number of thiazole rings is 1. The van der Waals surface area contributed by atoms with Crippen molar-refractivity contribution in [2.45, 2.75) is 6.42 Å². The zero-order chi connectivity index (χ0) is 13.8. The molecule has 0 atom stereocenters. The summed E-state index contributed by atoms with van der Waals surface area (Å²) in [5.74, 6) is -0.966. The molecule has 5 heteroatoms. The van der Waals surface area contributed by atoms with Crippen LogP contribution in [0.1, 0.15) is 15.5 Å². The fourth-order valence-corrected chi connectivity index (χ4v) is 2.77. The van der Waals surface area contributed by atoms with Crippen LogP contribution in [0.3, 0.4) is 0 Å². The Labute approximate surface area is 116 Å². The minimum absolute atomic E-state index is 0.157. The van der Waals surface area contributed by atoms with Gasteiger partial charge in [-0.3, -0.25) is 0 Å². The highest BCUT2D eigenvalue weighted by Gasteiger charge is 2.18. The fourth-order valence-electron chi connectivity index (χ4n) is 1.72. The Bertz CT molecular complexity index is 564. The lowest BCUT2D eigenvalue weighted by Crippen LogP contribution is -2.15. The lowest BCUT2D eigenvalue weighted by atomic mass is 10.1. The predicted octanol–water partition coefficient (Wildman–Crippen LogP) is 2.61. The van der Waals surface area contributed by atoms with Gasteiger partial charge >= 0.3 is 5.97 Å². The van der Waals surface area contributed by atoms with Crippen molar-refractivity contribution in [3.8, 4) is 10.4 Å². The monoisotopic (exact) mass is 276 g/mol. The van der Waals surface area contributed by atoms with E-state index in [0.717, 1.165) is 28.4 Å². The Kier molecular flexibility index (Phi) is 4.29. The molecule has 0 radical (unpaired) electrons. The molecule has 0 spiro atoms. The van der Waals surface area contributed by atoms with E-state index in [2.05, 4.69) is 9.88 Å². The van der Waals surface area contributed by atoms with Crippen LogP contribution >= 0.6 is 11.3 Å². The summed E-state index contributed by atoms with van der Waals surface area (Å²) in [4.78, 5) is 18.3. The third kappa shape index (κ3) is 3.39. The number of nitrogens with zero attached hydrogens (tertiary/aromatic N) is 2. The highest BCUT2D eigenvalue weighted by molar-refractivity contribution is 7.15. The molecule has 0 unspecified atom stereocenters. The normalized spacial score (nSPS) is 10.9. The van der Waals surface area contributed by atoms with Crippen molar-refractivity contribution in [2.24, 2.45) is 0 Å². The Morgan fingerprint density at radius 1 is 1.32 bits per heavy atom. The molecule has 19 heavy (non-hydrogen) atoms. The van der Waals surface area contributed by atoms with Gasteiger partial charge in [-0.25, -0.2) is 9.78 Å². The van der Waals surface area contributed by atoms with E-state index < -0.39 is 5.97 Å². The van der Waals surface area contributed by atoms with Crippen molar-refractivity contribution in [1.29, 1.82) is 0 Å². The molecule has 0 amide bonds. The van der Waals surface area contributed by atoms with Crippen molar-refractivity contribution < 1.29 is 9.90 Å². The van der Waals surface area contributed by atoms with Crippen molar-refractivity contribution in [1.82, 2.24) is 9.88 Å². The molecule has 1 aromatic heterocycles. The second-order valence-corrected chi connectivity index (χ2v) is 5.59. The highest BCUT2D eigenvalue weighted by Crippen LogP contribution is 2.30. The van der Waals surface area contributed by atoms with Crippen molar-refractivity contribution in [2.75, 3.05) is 20.6 Å². The molecule has 1 heterocycles. The molecule has 1 N–H and O–H groups in total. The zero-order valence-electron chi connectivity index (χ0n) is 11.0. The summed E-state index contributed by atoms with van der Waals surface area (Å²) in [7, 11) is 3.98. The van der Waals surface area contributed by atoms with Gasteiger partial charge in [-0.1, -0.05) is 30.3 Å². The van der Waals surface area contributed by atoms with Gasteiger partial charge in [0.05, 0.1) is 9.88 Å². The van der Waals surface area contributed by atoms with E-state index in [1.165, 1.54) is 11.3 Å². The summed E-state index contributed by atoms with van der Waals surface area (Å²) in [6.07, 6.45) is 0.769. The van der Waals surface area contributed by atoms with E-state index in [-0.39, 0.29) is 5.69 Å². The fraction of sp³-hybridized carbons (Fsp3) is 0.286. The first kappa shape index (κ1) is 13.7. The summed E-state index contributed by atoms with van der Waals surface area (Å²) < 4.78 is 0. The van der Waals surface area contributed by atoms with Crippen LogP contribution in [0.5, 0.6) is 0 Å². The van der Waals surface area contributed by atoms with E-state index in [1.807, 2.05) is 44.4 Å². The maximum Gasteiger partial charge on any atom is 0.356 e. The number of rotatable bonds is 5. The minimum atomic E-state index is -0.966. The summed E-state index contributed by atoms with van der Waals surface area (Å²) in [6, 6.07) is 9.55. The van der Waals surface area contributed by atoms with Crippen LogP contribution in [0.4, 0.5) is 0 Å². The molecule has 0 saturated heterocycles. The first-order valence-corrected chi connectivity index (χ1v) is 6.82. The number of carboxylic acids is 1. The lowest BCUT2D eigenvalue weighted by molar-refractivity contribution is 0.0692. The number of carboxylic acid groups (broad SMARTS) is 1. The Balaban J connectivity index is 2.34. The molecule has 0 aliphatic rings. The summed E-state index contributed by atoms with van der Waals surface area (Å²) in [5.41, 5.74) is 1.07. The van der Waals surface area contributed by atoms with Crippen molar-refractivity contribution in [3.05, 3.63) is 41.0 Å². The Morgan fingerprint density at radius 2 is 2.00 bits per heavy atom. The van der Waals surface area contributed by atoms with Gasteiger partial charge in [0, 0.05) is 13.0 Å². The molecule has 1 aromatic carbocycles. The van der Waals surface area contributed by atoms with Gasteiger partial charge in [0.15, 0.2) is 5.69 Å². The molecule has 0 aliphatic heterocycles. The number of hydrogen-bond acceptors (Lipinski definition) is 4. The molecule has 4 nitrogen and oxygen atoms in total. The maximum absolute atomic E-state index is 11.3. The van der Waals surface area contributed by atoms with E-state index in [4.69, 9.17) is 0 Å². The second kappa shape index (κ2) is 5.95. The summed E-state index contributed by atoms with van der Waals surface area (Å²) in [5, 5.41) is 10.1. The smallest absolute Gasteiger partial charge is 0.356 e. The molecule has 2 aromatic rings. The molecule has 0 saturated carbocycles. The van der Waals surface area contributed by atoms with E-state index in [1.54, 1.807) is 0 Å². The standard InChI is InChI=1S/C14H16N2O2S/c1-16(2)9-8-11-15-12(14(17)18)13(19-11)10-6-4-3-5-7-10/h3-7H,8-9H2,1-2H3,(H,17,18). The Hall–Kier alpha value is -1.72. The number of likely N-dealkylation sites (N-methyl/N-ethyl adjacent to an activating group) is 1. The molecule has 0 bridgehead atoms. The molecule has 0 aliphatic carbocycles. The van der Waals surface area contributed by atoms with Crippen LogP contribution in [0.15, 0.2) is 30.3 Å².